The number of carbonyl (C=O) groups excluding carboxylic acids is 1. The number of carboxylic acids is 1. The molecule has 2 rings (SSSR count). The van der Waals surface area contributed by atoms with E-state index in [0.717, 1.165) is 0 Å². The van der Waals surface area contributed by atoms with Crippen molar-refractivity contribution in [3.8, 4) is 0 Å². The van der Waals surface area contributed by atoms with Gasteiger partial charge in [-0.25, -0.2) is 9.97 Å². The van der Waals surface area contributed by atoms with Gasteiger partial charge >= 0.3 is 29.6 Å². The fraction of sp³-hybridized carbons (Fsp3) is 0. The molecule has 0 unspecified atom stereocenters. The molecule has 64 valence electrons. The summed E-state index contributed by atoms with van der Waals surface area (Å²) in [6.07, 6.45) is 2.84. The summed E-state index contributed by atoms with van der Waals surface area (Å²) in [5.41, 5.74) is 0.731. The third kappa shape index (κ3) is 1.92. The molecule has 4 nitrogen and oxygen atoms in total. The Morgan fingerprint density at radius 3 is 2.86 bits per heavy atom. The predicted octanol–water partition coefficient (Wildman–Crippen LogP) is -3.00. The third-order valence-corrected chi connectivity index (χ3v) is 1.77. The van der Waals surface area contributed by atoms with E-state index in [2.05, 4.69) is 9.97 Å². The number of nitrogens with zero attached hydrogens (tertiary/aromatic N) is 2. The first-order valence-corrected chi connectivity index (χ1v) is 3.69. The van der Waals surface area contributed by atoms with Crippen molar-refractivity contribution in [2.75, 3.05) is 0 Å². The Bertz CT molecular complexity index is 468. The predicted molar refractivity (Wildman–Crippen MR) is 43.9 cm³/mol. The molecule has 0 amide bonds. The Morgan fingerprint density at radius 1 is 1.36 bits per heavy atom. The molecule has 1 aromatic carbocycles. The number of benzene rings is 1. The molecule has 0 atom stereocenters. The van der Waals surface area contributed by atoms with Crippen molar-refractivity contribution in [2.24, 2.45) is 0 Å². The number of fused-ring (bicyclic) bond motifs is 1. The Hall–Kier alpha value is -0.970. The summed E-state index contributed by atoms with van der Waals surface area (Å²) in [6.45, 7) is 0. The largest absolute Gasteiger partial charge is 1.00 e. The zero-order chi connectivity index (χ0) is 9.26. The van der Waals surface area contributed by atoms with Gasteiger partial charge in [-0.15, -0.1) is 0 Å². The summed E-state index contributed by atoms with van der Waals surface area (Å²) < 4.78 is 0. The first kappa shape index (κ1) is 11.1. The average Bonchev–Trinajstić information content (AvgIpc) is 2.17. The normalized spacial score (nSPS) is 9.43. The zero-order valence-corrected chi connectivity index (χ0v) is 9.60. The molecular weight excluding hydrogens is 191 g/mol. The smallest absolute Gasteiger partial charge is 0.545 e. The van der Waals surface area contributed by atoms with Gasteiger partial charge in [0.05, 0.1) is 11.5 Å². The Morgan fingerprint density at radius 2 is 2.14 bits per heavy atom. The maximum Gasteiger partial charge on any atom is 1.00 e. The van der Waals surface area contributed by atoms with Crippen molar-refractivity contribution in [3.63, 3.8) is 0 Å². The van der Waals surface area contributed by atoms with Gasteiger partial charge in [0.1, 0.15) is 6.33 Å². The number of carbonyl (C=O) groups is 1. The molecule has 0 bridgehead atoms. The van der Waals surface area contributed by atoms with Crippen LogP contribution in [-0.2, 0) is 0 Å². The van der Waals surface area contributed by atoms with Crippen molar-refractivity contribution in [1.29, 1.82) is 0 Å². The van der Waals surface area contributed by atoms with Crippen LogP contribution in [0.25, 0.3) is 10.9 Å². The molecule has 0 radical (unpaired) electrons. The number of hydrogen-bond acceptors (Lipinski definition) is 4. The monoisotopic (exact) mass is 196 g/mol. The van der Waals surface area contributed by atoms with Crippen molar-refractivity contribution < 1.29 is 39.5 Å². The molecule has 1 aromatic heterocycles. The van der Waals surface area contributed by atoms with Gasteiger partial charge in [-0.1, -0.05) is 12.1 Å². The van der Waals surface area contributed by atoms with Crippen LogP contribution in [0.1, 0.15) is 10.4 Å². The molecule has 0 saturated carbocycles. The minimum atomic E-state index is -1.21. The Kier molecular flexibility index (Phi) is 3.57. The molecule has 0 saturated heterocycles. The molecule has 0 aliphatic carbocycles. The molecular formula is C9H5N2NaO2. The van der Waals surface area contributed by atoms with Crippen molar-refractivity contribution in [2.45, 2.75) is 0 Å². The van der Waals surface area contributed by atoms with Crippen LogP contribution in [0.15, 0.2) is 30.7 Å². The van der Waals surface area contributed by atoms with E-state index >= 15 is 0 Å². The van der Waals surface area contributed by atoms with E-state index in [9.17, 15) is 9.90 Å². The van der Waals surface area contributed by atoms with Crippen LogP contribution < -0.4 is 34.7 Å². The quantitative estimate of drug-likeness (QED) is 0.456. The summed E-state index contributed by atoms with van der Waals surface area (Å²) in [7, 11) is 0. The molecule has 0 fully saturated rings. The van der Waals surface area contributed by atoms with E-state index in [0.29, 0.717) is 10.9 Å². The summed E-state index contributed by atoms with van der Waals surface area (Å²) in [6, 6.07) is 4.82. The van der Waals surface area contributed by atoms with Crippen molar-refractivity contribution >= 4 is 16.9 Å². The van der Waals surface area contributed by atoms with E-state index in [4.69, 9.17) is 0 Å². The standard InChI is InChI=1S/C9H6N2O2.Na/c12-9(13)6-2-1-3-8-7(6)4-10-5-11-8;/h1-5H,(H,12,13);/q;+1/p-1. The Balaban J connectivity index is 0.000000980. The number of hydrogen-bond donors (Lipinski definition) is 0. The number of rotatable bonds is 1. The van der Waals surface area contributed by atoms with Crippen molar-refractivity contribution in [3.05, 3.63) is 36.3 Å². The van der Waals surface area contributed by atoms with Crippen LogP contribution >= 0.6 is 0 Å². The average molecular weight is 196 g/mol. The molecule has 0 N–H and O–H groups in total. The molecule has 5 heteroatoms. The van der Waals surface area contributed by atoms with E-state index in [-0.39, 0.29) is 35.1 Å². The van der Waals surface area contributed by atoms with Crippen molar-refractivity contribution in [1.82, 2.24) is 9.97 Å². The number of carboxylic acid groups (broad SMARTS) is 1. The van der Waals surface area contributed by atoms with E-state index in [1.54, 1.807) is 12.1 Å². The molecule has 2 aromatic rings. The van der Waals surface area contributed by atoms with Crippen LogP contribution in [0, 0.1) is 0 Å². The van der Waals surface area contributed by atoms with Crippen LogP contribution in [0.3, 0.4) is 0 Å². The van der Waals surface area contributed by atoms with Gasteiger partial charge < -0.3 is 9.90 Å². The SMILES string of the molecule is O=C([O-])c1cccc2ncncc12.[Na+]. The van der Waals surface area contributed by atoms with Gasteiger partial charge in [0.15, 0.2) is 0 Å². The van der Waals surface area contributed by atoms with E-state index in [1.165, 1.54) is 18.6 Å². The maximum absolute atomic E-state index is 10.6. The second-order valence-electron chi connectivity index (χ2n) is 2.55. The minimum absolute atomic E-state index is 0. The summed E-state index contributed by atoms with van der Waals surface area (Å²) >= 11 is 0. The van der Waals surface area contributed by atoms with Gasteiger partial charge in [-0.3, -0.25) is 0 Å². The van der Waals surface area contributed by atoms with E-state index < -0.39 is 5.97 Å². The number of aromatic carboxylic acids is 1. The van der Waals surface area contributed by atoms with Gasteiger partial charge in [-0.2, -0.15) is 0 Å². The van der Waals surface area contributed by atoms with Gasteiger partial charge in [0, 0.05) is 17.1 Å². The minimum Gasteiger partial charge on any atom is -0.545 e. The second-order valence-corrected chi connectivity index (χ2v) is 2.55. The summed E-state index contributed by atoms with van der Waals surface area (Å²) in [5, 5.41) is 11.2. The van der Waals surface area contributed by atoms with Crippen LogP contribution in [-0.4, -0.2) is 15.9 Å². The molecule has 0 aliphatic rings. The Labute approximate surface area is 102 Å². The molecule has 1 heterocycles. The first-order chi connectivity index (χ1) is 6.29. The molecule has 14 heavy (non-hydrogen) atoms. The van der Waals surface area contributed by atoms with Crippen LogP contribution in [0.4, 0.5) is 0 Å². The topological polar surface area (TPSA) is 65.9 Å². The van der Waals surface area contributed by atoms with Gasteiger partial charge in [0.25, 0.3) is 0 Å². The zero-order valence-electron chi connectivity index (χ0n) is 7.60. The third-order valence-electron chi connectivity index (χ3n) is 1.77. The van der Waals surface area contributed by atoms with Gasteiger partial charge in [-0.05, 0) is 6.07 Å². The van der Waals surface area contributed by atoms with Gasteiger partial charge in [0.2, 0.25) is 0 Å². The summed E-state index contributed by atoms with van der Waals surface area (Å²) in [5.74, 6) is -1.21. The fourth-order valence-corrected chi connectivity index (χ4v) is 1.18. The van der Waals surface area contributed by atoms with Crippen LogP contribution in [0.5, 0.6) is 0 Å². The fourth-order valence-electron chi connectivity index (χ4n) is 1.18. The van der Waals surface area contributed by atoms with Crippen LogP contribution in [0.2, 0.25) is 0 Å². The maximum atomic E-state index is 10.6. The van der Waals surface area contributed by atoms with E-state index in [1.807, 2.05) is 0 Å². The first-order valence-electron chi connectivity index (χ1n) is 3.69. The molecule has 0 spiro atoms. The molecule has 0 aliphatic heterocycles. The second kappa shape index (κ2) is 4.50. The summed E-state index contributed by atoms with van der Waals surface area (Å²) in [4.78, 5) is 18.3. The number of aromatic nitrogens is 2.